The molecule has 0 aromatic carbocycles. The smallest absolute Gasteiger partial charge is 0.246 e. The molecule has 144 valence electrons. The molecule has 9 heteroatoms. The molecule has 7 nitrogen and oxygen atoms in total. The first-order chi connectivity index (χ1) is 11.0. The number of aromatic nitrogens is 1. The quantitative estimate of drug-likeness (QED) is 0.552. The van der Waals surface area contributed by atoms with Gasteiger partial charge >= 0.3 is 0 Å². The van der Waals surface area contributed by atoms with E-state index in [1.54, 1.807) is 18.5 Å². The van der Waals surface area contributed by atoms with Crippen molar-refractivity contribution in [2.45, 2.75) is 38.8 Å². The fourth-order valence-corrected chi connectivity index (χ4v) is 1.82. The Hall–Kier alpha value is -1.41. The van der Waals surface area contributed by atoms with Crippen molar-refractivity contribution >= 4 is 36.6 Å². The molecule has 0 saturated heterocycles. The third-order valence-electron chi connectivity index (χ3n) is 3.72. The average Bonchev–Trinajstić information content (AvgIpc) is 2.59. The van der Waals surface area contributed by atoms with E-state index in [0.29, 0.717) is 13.1 Å². The fourth-order valence-electron chi connectivity index (χ4n) is 1.82. The molecular weight excluding hydrogens is 367 g/mol. The second-order valence-corrected chi connectivity index (χ2v) is 5.48. The minimum atomic E-state index is -0.392. The summed E-state index contributed by atoms with van der Waals surface area (Å²) in [6.07, 6.45) is 4.90. The number of hydrogen-bond acceptors (Lipinski definition) is 5. The highest BCUT2D eigenvalue weighted by Crippen LogP contribution is 2.08. The van der Waals surface area contributed by atoms with Crippen LogP contribution in [0.2, 0.25) is 0 Å². The Morgan fingerprint density at radius 3 is 2.28 bits per heavy atom. The molecule has 0 aliphatic carbocycles. The number of hydrogen-bond donors (Lipinski definition) is 3. The van der Waals surface area contributed by atoms with E-state index in [-0.39, 0.29) is 49.8 Å². The number of carbonyl (C=O) groups is 2. The van der Waals surface area contributed by atoms with Crippen LogP contribution in [0.25, 0.3) is 0 Å². The molecule has 0 bridgehead atoms. The summed E-state index contributed by atoms with van der Waals surface area (Å²) in [5, 5.41) is 5.42. The summed E-state index contributed by atoms with van der Waals surface area (Å²) in [6.45, 7) is 4.42. The van der Waals surface area contributed by atoms with Crippen molar-refractivity contribution in [1.29, 1.82) is 0 Å². The predicted octanol–water partition coefficient (Wildman–Crippen LogP) is 1.19. The number of rotatable bonds is 10. The van der Waals surface area contributed by atoms with Gasteiger partial charge in [-0.15, -0.1) is 24.8 Å². The Morgan fingerprint density at radius 2 is 1.76 bits per heavy atom. The maximum atomic E-state index is 11.7. The Bertz CT molecular complexity index is 499. The zero-order chi connectivity index (χ0) is 17.1. The molecule has 0 fully saturated rings. The van der Waals surface area contributed by atoms with E-state index in [0.717, 1.165) is 18.4 Å². The Morgan fingerprint density at radius 1 is 1.16 bits per heavy atom. The SMILES string of the molecule is CCC(N)(CC)CNC(=O)COCC(=O)NCc1cccnc1.Cl.Cl. The molecule has 0 aliphatic rings. The number of nitrogens with two attached hydrogens (primary N) is 1. The number of amides is 2. The van der Waals surface area contributed by atoms with Gasteiger partial charge in [0.1, 0.15) is 13.2 Å². The maximum absolute atomic E-state index is 11.7. The van der Waals surface area contributed by atoms with Gasteiger partial charge in [0.05, 0.1) is 0 Å². The molecule has 1 aromatic heterocycles. The lowest BCUT2D eigenvalue weighted by Crippen LogP contribution is -2.49. The van der Waals surface area contributed by atoms with Crippen molar-refractivity contribution in [3.63, 3.8) is 0 Å². The van der Waals surface area contributed by atoms with Gasteiger partial charge < -0.3 is 21.1 Å². The van der Waals surface area contributed by atoms with Crippen LogP contribution >= 0.6 is 24.8 Å². The number of nitrogens with zero attached hydrogens (tertiary/aromatic N) is 1. The van der Waals surface area contributed by atoms with Crippen molar-refractivity contribution in [2.75, 3.05) is 19.8 Å². The van der Waals surface area contributed by atoms with Crippen LogP contribution in [0.15, 0.2) is 24.5 Å². The number of halogens is 2. The molecule has 0 unspecified atom stereocenters. The highest BCUT2D eigenvalue weighted by Gasteiger charge is 2.20. The Balaban J connectivity index is 0. The molecule has 0 aliphatic heterocycles. The number of ether oxygens (including phenoxy) is 1. The summed E-state index contributed by atoms with van der Waals surface area (Å²) in [7, 11) is 0. The minimum absolute atomic E-state index is 0. The van der Waals surface area contributed by atoms with Crippen molar-refractivity contribution in [2.24, 2.45) is 5.73 Å². The lowest BCUT2D eigenvalue weighted by molar-refractivity contribution is -0.131. The number of nitrogens with one attached hydrogen (secondary N) is 2. The molecule has 1 heterocycles. The van der Waals surface area contributed by atoms with Crippen LogP contribution in [0.3, 0.4) is 0 Å². The molecular formula is C16H28Cl2N4O3. The molecule has 25 heavy (non-hydrogen) atoms. The second-order valence-electron chi connectivity index (χ2n) is 5.48. The number of pyridine rings is 1. The third kappa shape index (κ3) is 10.9. The van der Waals surface area contributed by atoms with Gasteiger partial charge in [-0.3, -0.25) is 14.6 Å². The molecule has 0 saturated carbocycles. The average molecular weight is 395 g/mol. The number of carbonyl (C=O) groups excluding carboxylic acids is 2. The van der Waals surface area contributed by atoms with E-state index >= 15 is 0 Å². The molecule has 0 radical (unpaired) electrons. The van der Waals surface area contributed by atoms with Crippen LogP contribution in [0.5, 0.6) is 0 Å². The highest BCUT2D eigenvalue weighted by atomic mass is 35.5. The summed E-state index contributed by atoms with van der Waals surface area (Å²) < 4.78 is 5.10. The van der Waals surface area contributed by atoms with Crippen molar-refractivity contribution in [3.8, 4) is 0 Å². The summed E-state index contributed by atoms with van der Waals surface area (Å²) >= 11 is 0. The van der Waals surface area contributed by atoms with Crippen LogP contribution in [0.4, 0.5) is 0 Å². The topological polar surface area (TPSA) is 106 Å². The second kappa shape index (κ2) is 13.8. The van der Waals surface area contributed by atoms with Crippen molar-refractivity contribution in [1.82, 2.24) is 15.6 Å². The van der Waals surface area contributed by atoms with Gasteiger partial charge in [-0.05, 0) is 24.5 Å². The van der Waals surface area contributed by atoms with E-state index in [2.05, 4.69) is 15.6 Å². The lowest BCUT2D eigenvalue weighted by atomic mass is 9.94. The molecule has 1 rings (SSSR count). The monoisotopic (exact) mass is 394 g/mol. The van der Waals surface area contributed by atoms with Gasteiger partial charge in [0, 0.05) is 31.0 Å². The highest BCUT2D eigenvalue weighted by molar-refractivity contribution is 5.85. The zero-order valence-corrected chi connectivity index (χ0v) is 16.3. The van der Waals surface area contributed by atoms with E-state index in [9.17, 15) is 9.59 Å². The lowest BCUT2D eigenvalue weighted by Gasteiger charge is -2.26. The summed E-state index contributed by atoms with van der Waals surface area (Å²) in [5.41, 5.74) is 6.60. The van der Waals surface area contributed by atoms with Crippen molar-refractivity contribution in [3.05, 3.63) is 30.1 Å². The zero-order valence-electron chi connectivity index (χ0n) is 14.6. The van der Waals surface area contributed by atoms with Gasteiger partial charge in [-0.25, -0.2) is 0 Å². The molecule has 0 atom stereocenters. The largest absolute Gasteiger partial charge is 0.362 e. The van der Waals surface area contributed by atoms with E-state index in [1.807, 2.05) is 19.9 Å². The third-order valence-corrected chi connectivity index (χ3v) is 3.72. The van der Waals surface area contributed by atoms with Crippen LogP contribution in [0, 0.1) is 0 Å². The molecule has 0 spiro atoms. The van der Waals surface area contributed by atoms with E-state index in [1.165, 1.54) is 0 Å². The first-order valence-electron chi connectivity index (χ1n) is 7.78. The molecule has 4 N–H and O–H groups in total. The van der Waals surface area contributed by atoms with E-state index < -0.39 is 5.54 Å². The molecule has 1 aromatic rings. The standard InChI is InChI=1S/C16H26N4O3.2ClH/c1-3-16(17,4-2)12-20-15(22)11-23-10-14(21)19-9-13-6-5-7-18-8-13;;/h5-8H,3-4,9-12,17H2,1-2H3,(H,19,21)(H,20,22);2*1H. The van der Waals surface area contributed by atoms with Crippen LogP contribution in [-0.2, 0) is 20.9 Å². The first kappa shape index (κ1) is 25.8. The van der Waals surface area contributed by atoms with Crippen LogP contribution in [-0.4, -0.2) is 42.1 Å². The van der Waals surface area contributed by atoms with Gasteiger partial charge in [0.15, 0.2) is 0 Å². The normalized spacial score (nSPS) is 10.2. The van der Waals surface area contributed by atoms with Crippen LogP contribution in [0.1, 0.15) is 32.3 Å². The molecule has 2 amide bonds. The van der Waals surface area contributed by atoms with Gasteiger partial charge in [-0.2, -0.15) is 0 Å². The first-order valence-corrected chi connectivity index (χ1v) is 7.78. The minimum Gasteiger partial charge on any atom is -0.362 e. The van der Waals surface area contributed by atoms with Crippen molar-refractivity contribution < 1.29 is 14.3 Å². The summed E-state index contributed by atoms with van der Waals surface area (Å²) in [6, 6.07) is 3.66. The van der Waals surface area contributed by atoms with Crippen LogP contribution < -0.4 is 16.4 Å². The van der Waals surface area contributed by atoms with Gasteiger partial charge in [0.25, 0.3) is 0 Å². The Labute approximate surface area is 161 Å². The van der Waals surface area contributed by atoms with Gasteiger partial charge in [-0.1, -0.05) is 19.9 Å². The maximum Gasteiger partial charge on any atom is 0.246 e. The fraction of sp³-hybridized carbons (Fsp3) is 0.562. The van der Waals surface area contributed by atoms with E-state index in [4.69, 9.17) is 10.5 Å². The predicted molar refractivity (Wildman–Crippen MR) is 102 cm³/mol. The van der Waals surface area contributed by atoms with Gasteiger partial charge in [0.2, 0.25) is 11.8 Å². The summed E-state index contributed by atoms with van der Waals surface area (Å²) in [4.78, 5) is 27.2. The summed E-state index contributed by atoms with van der Waals surface area (Å²) in [5.74, 6) is -0.557. The Kier molecular flexibility index (Phi) is 14.3.